The van der Waals surface area contributed by atoms with Crippen LogP contribution in [0.4, 0.5) is 0 Å². The van der Waals surface area contributed by atoms with Crippen molar-refractivity contribution < 1.29 is 9.53 Å². The quantitative estimate of drug-likeness (QED) is 0.787. The van der Waals surface area contributed by atoms with Gasteiger partial charge < -0.3 is 4.74 Å². The number of hydrogen-bond donors (Lipinski definition) is 0. The van der Waals surface area contributed by atoms with E-state index >= 15 is 0 Å². The Kier molecular flexibility index (Phi) is 4.58. The van der Waals surface area contributed by atoms with Crippen molar-refractivity contribution in [3.63, 3.8) is 0 Å². The summed E-state index contributed by atoms with van der Waals surface area (Å²) in [4.78, 5) is 20.6. The van der Waals surface area contributed by atoms with Crippen LogP contribution in [0.25, 0.3) is 0 Å². The van der Waals surface area contributed by atoms with Gasteiger partial charge in [-0.1, -0.05) is 6.42 Å². The van der Waals surface area contributed by atoms with Gasteiger partial charge in [-0.15, -0.1) is 0 Å². The monoisotopic (exact) mass is 266 g/mol. The Morgan fingerprint density at radius 1 is 1.56 bits per heavy atom. The van der Waals surface area contributed by atoms with E-state index in [9.17, 15) is 4.79 Å². The van der Waals surface area contributed by atoms with Crippen LogP contribution in [0.1, 0.15) is 53.3 Å². The first-order valence-electron chi connectivity index (χ1n) is 6.34. The van der Waals surface area contributed by atoms with E-state index < -0.39 is 0 Å². The highest BCUT2D eigenvalue weighted by atomic mass is 32.2. The lowest BCUT2D eigenvalue weighted by atomic mass is 10.1. The van der Waals surface area contributed by atoms with Crippen molar-refractivity contribution in [3.8, 4) is 0 Å². The van der Waals surface area contributed by atoms with Crippen molar-refractivity contribution in [1.29, 1.82) is 0 Å². The summed E-state index contributed by atoms with van der Waals surface area (Å²) in [6.07, 6.45) is 5.29. The number of esters is 1. The minimum atomic E-state index is -0.348. The van der Waals surface area contributed by atoms with Gasteiger partial charge in [-0.25, -0.2) is 14.8 Å². The molecule has 0 saturated carbocycles. The lowest BCUT2D eigenvalue weighted by molar-refractivity contribution is 0.0518. The van der Waals surface area contributed by atoms with Gasteiger partial charge in [0.05, 0.1) is 11.9 Å². The molecule has 0 bridgehead atoms. The Hall–Kier alpha value is -1.10. The molecule has 1 atom stereocenters. The molecule has 18 heavy (non-hydrogen) atoms. The number of thioether (sulfide) groups is 1. The molecule has 0 aromatic carbocycles. The summed E-state index contributed by atoms with van der Waals surface area (Å²) < 4.78 is 5.02. The second-order valence-electron chi connectivity index (χ2n) is 4.34. The fourth-order valence-corrected chi connectivity index (χ4v) is 3.21. The highest BCUT2D eigenvalue weighted by molar-refractivity contribution is 7.99. The van der Waals surface area contributed by atoms with Crippen molar-refractivity contribution in [2.45, 2.75) is 38.4 Å². The molecule has 1 fully saturated rings. The maximum atomic E-state index is 11.8. The van der Waals surface area contributed by atoms with Gasteiger partial charge in [0.1, 0.15) is 5.82 Å². The van der Waals surface area contributed by atoms with Gasteiger partial charge in [-0.3, -0.25) is 0 Å². The summed E-state index contributed by atoms with van der Waals surface area (Å²) in [7, 11) is 0. The van der Waals surface area contributed by atoms with Gasteiger partial charge in [0, 0.05) is 11.8 Å². The molecule has 1 aromatic heterocycles. The Labute approximate surface area is 112 Å². The SMILES string of the molecule is CCOC(=O)c1nc(C2CCCCS2)ncc1C. The number of hydrogen-bond acceptors (Lipinski definition) is 5. The highest BCUT2D eigenvalue weighted by Crippen LogP contribution is 2.36. The zero-order valence-electron chi connectivity index (χ0n) is 10.8. The van der Waals surface area contributed by atoms with Crippen LogP contribution in [0, 0.1) is 6.92 Å². The second-order valence-corrected chi connectivity index (χ2v) is 5.65. The molecule has 0 aliphatic carbocycles. The first kappa shape index (κ1) is 13.3. The normalized spacial score (nSPS) is 19.6. The van der Waals surface area contributed by atoms with Crippen molar-refractivity contribution in [1.82, 2.24) is 9.97 Å². The molecule has 0 N–H and O–H groups in total. The molecule has 0 spiro atoms. The number of ether oxygens (including phenoxy) is 1. The number of aryl methyl sites for hydroxylation is 1. The summed E-state index contributed by atoms with van der Waals surface area (Å²) in [6, 6.07) is 0. The summed E-state index contributed by atoms with van der Waals surface area (Å²) in [5.41, 5.74) is 1.19. The van der Waals surface area contributed by atoms with E-state index in [1.54, 1.807) is 13.1 Å². The van der Waals surface area contributed by atoms with E-state index in [2.05, 4.69) is 9.97 Å². The third kappa shape index (κ3) is 3.02. The molecule has 1 saturated heterocycles. The van der Waals surface area contributed by atoms with E-state index in [0.717, 1.165) is 23.6 Å². The van der Waals surface area contributed by atoms with Crippen LogP contribution in [0.15, 0.2) is 6.20 Å². The van der Waals surface area contributed by atoms with Crippen molar-refractivity contribution >= 4 is 17.7 Å². The van der Waals surface area contributed by atoms with E-state index in [-0.39, 0.29) is 5.97 Å². The number of rotatable bonds is 3. The lowest BCUT2D eigenvalue weighted by Crippen LogP contribution is -2.14. The third-order valence-corrected chi connectivity index (χ3v) is 4.30. The molecule has 0 amide bonds. The second kappa shape index (κ2) is 6.18. The Bertz CT molecular complexity index is 431. The molecule has 1 unspecified atom stereocenters. The van der Waals surface area contributed by atoms with E-state index in [0.29, 0.717) is 17.6 Å². The largest absolute Gasteiger partial charge is 0.461 e. The Balaban J connectivity index is 2.22. The average Bonchev–Trinajstić information content (AvgIpc) is 2.40. The third-order valence-electron chi connectivity index (χ3n) is 2.93. The molecule has 98 valence electrons. The van der Waals surface area contributed by atoms with E-state index in [1.807, 2.05) is 18.7 Å². The average molecular weight is 266 g/mol. The molecule has 2 rings (SSSR count). The topological polar surface area (TPSA) is 52.1 Å². The smallest absolute Gasteiger partial charge is 0.357 e. The number of carbonyl (C=O) groups excluding carboxylic acids is 1. The zero-order chi connectivity index (χ0) is 13.0. The predicted octanol–water partition coefficient (Wildman–Crippen LogP) is 2.92. The van der Waals surface area contributed by atoms with Gasteiger partial charge in [-0.2, -0.15) is 11.8 Å². The molecule has 4 nitrogen and oxygen atoms in total. The van der Waals surface area contributed by atoms with Crippen molar-refractivity contribution in [3.05, 3.63) is 23.3 Å². The van der Waals surface area contributed by atoms with Crippen LogP contribution in [0.3, 0.4) is 0 Å². The van der Waals surface area contributed by atoms with Crippen molar-refractivity contribution in [2.75, 3.05) is 12.4 Å². The Morgan fingerprint density at radius 2 is 2.39 bits per heavy atom. The highest BCUT2D eigenvalue weighted by Gasteiger charge is 2.21. The number of aromatic nitrogens is 2. The van der Waals surface area contributed by atoms with Crippen LogP contribution in [-0.4, -0.2) is 28.3 Å². The first-order chi connectivity index (χ1) is 8.72. The van der Waals surface area contributed by atoms with Gasteiger partial charge in [0.25, 0.3) is 0 Å². The molecule has 1 aliphatic rings. The van der Waals surface area contributed by atoms with Crippen LogP contribution in [0.5, 0.6) is 0 Å². The number of nitrogens with zero attached hydrogens (tertiary/aromatic N) is 2. The van der Waals surface area contributed by atoms with Crippen LogP contribution in [-0.2, 0) is 4.74 Å². The molecule has 2 heterocycles. The van der Waals surface area contributed by atoms with Gasteiger partial charge in [0.2, 0.25) is 0 Å². The zero-order valence-corrected chi connectivity index (χ0v) is 11.6. The number of carbonyl (C=O) groups is 1. The van der Waals surface area contributed by atoms with Crippen molar-refractivity contribution in [2.24, 2.45) is 0 Å². The minimum Gasteiger partial charge on any atom is -0.461 e. The molecular weight excluding hydrogens is 248 g/mol. The van der Waals surface area contributed by atoms with Gasteiger partial charge in [0.15, 0.2) is 5.69 Å². The predicted molar refractivity (Wildman–Crippen MR) is 71.8 cm³/mol. The maximum absolute atomic E-state index is 11.8. The Morgan fingerprint density at radius 3 is 3.06 bits per heavy atom. The van der Waals surface area contributed by atoms with Crippen LogP contribution in [0.2, 0.25) is 0 Å². The first-order valence-corrected chi connectivity index (χ1v) is 7.39. The summed E-state index contributed by atoms with van der Waals surface area (Å²) >= 11 is 1.88. The van der Waals surface area contributed by atoms with Gasteiger partial charge in [-0.05, 0) is 32.4 Å². The van der Waals surface area contributed by atoms with Crippen LogP contribution < -0.4 is 0 Å². The van der Waals surface area contributed by atoms with E-state index in [1.165, 1.54) is 12.8 Å². The van der Waals surface area contributed by atoms with E-state index in [4.69, 9.17) is 4.74 Å². The molecule has 1 aliphatic heterocycles. The van der Waals surface area contributed by atoms with Crippen LogP contribution >= 0.6 is 11.8 Å². The maximum Gasteiger partial charge on any atom is 0.357 e. The summed E-state index contributed by atoms with van der Waals surface area (Å²) in [5, 5.41) is 0.326. The molecule has 1 aromatic rings. The fraction of sp³-hybridized carbons (Fsp3) is 0.615. The fourth-order valence-electron chi connectivity index (χ4n) is 1.96. The lowest BCUT2D eigenvalue weighted by Gasteiger charge is -2.20. The molecule has 0 radical (unpaired) electrons. The standard InChI is InChI=1S/C13H18N2O2S/c1-3-17-13(16)11-9(2)8-14-12(15-11)10-6-4-5-7-18-10/h8,10H,3-7H2,1-2H3. The van der Waals surface area contributed by atoms with Gasteiger partial charge >= 0.3 is 5.97 Å². The summed E-state index contributed by atoms with van der Waals surface area (Å²) in [6.45, 7) is 4.01. The molecule has 5 heteroatoms. The molecular formula is C13H18N2O2S. The summed E-state index contributed by atoms with van der Waals surface area (Å²) in [5.74, 6) is 1.57. The minimum absolute atomic E-state index is 0.326.